The van der Waals surface area contributed by atoms with Gasteiger partial charge >= 0.3 is 0 Å². The van der Waals surface area contributed by atoms with E-state index >= 15 is 0 Å². The second kappa shape index (κ2) is 8.58. The third-order valence-corrected chi connectivity index (χ3v) is 9.00. The summed E-state index contributed by atoms with van der Waals surface area (Å²) in [4.78, 5) is 5.45. The molecule has 5 saturated heterocycles. The highest BCUT2D eigenvalue weighted by molar-refractivity contribution is 5.08. The maximum absolute atomic E-state index is 6.11. The Kier molecular flexibility index (Phi) is 5.81. The van der Waals surface area contributed by atoms with Crippen molar-refractivity contribution in [2.75, 3.05) is 39.9 Å². The monoisotopic (exact) mass is 418 g/mol. The second-order valence-corrected chi connectivity index (χ2v) is 11.0. The Morgan fingerprint density at radius 3 is 2.73 bits per heavy atom. The maximum Gasteiger partial charge on any atom is 0.0847 e. The summed E-state index contributed by atoms with van der Waals surface area (Å²) in [5.74, 6) is 0.767. The van der Waals surface area contributed by atoms with Crippen LogP contribution < -0.4 is 21.3 Å². The lowest BCUT2D eigenvalue weighted by Crippen LogP contribution is -2.62. The Morgan fingerprint density at radius 1 is 0.867 bits per heavy atom. The number of likely N-dealkylation sites (N-methyl/N-ethyl adjacent to an activating group) is 1. The summed E-state index contributed by atoms with van der Waals surface area (Å²) in [5, 5.41) is 15.9. The Hall–Kier alpha value is -0.280. The van der Waals surface area contributed by atoms with Crippen molar-refractivity contribution in [3.8, 4) is 0 Å². The SMILES string of the molecule is CN1CC[C@@H]2COCC3NC4CCCC(C5CCCC(N5)N[C@@H]5CN[C@@H](C5)C1)C4N32. The molecule has 7 nitrogen and oxygen atoms in total. The van der Waals surface area contributed by atoms with Gasteiger partial charge in [-0.2, -0.15) is 0 Å². The topological polar surface area (TPSA) is 63.8 Å². The summed E-state index contributed by atoms with van der Waals surface area (Å²) < 4.78 is 6.11. The molecule has 0 aromatic rings. The van der Waals surface area contributed by atoms with E-state index in [1.54, 1.807) is 0 Å². The van der Waals surface area contributed by atoms with Crippen molar-refractivity contribution < 1.29 is 4.74 Å². The molecule has 0 amide bonds. The van der Waals surface area contributed by atoms with Crippen molar-refractivity contribution in [1.29, 1.82) is 0 Å². The predicted octanol–water partition coefficient (Wildman–Crippen LogP) is 0.278. The van der Waals surface area contributed by atoms with Crippen LogP contribution >= 0.6 is 0 Å². The summed E-state index contributed by atoms with van der Waals surface area (Å²) in [6.45, 7) is 5.21. The zero-order valence-electron chi connectivity index (χ0n) is 18.7. The minimum Gasteiger partial charge on any atom is -0.377 e. The minimum absolute atomic E-state index is 0.426. The van der Waals surface area contributed by atoms with Gasteiger partial charge in [-0.3, -0.25) is 20.9 Å². The molecule has 0 spiro atoms. The van der Waals surface area contributed by atoms with Gasteiger partial charge in [0.25, 0.3) is 0 Å². The van der Waals surface area contributed by atoms with E-state index in [0.29, 0.717) is 48.6 Å². The molecular formula is C23H42N6O. The number of hydrogen-bond donors (Lipinski definition) is 4. The first-order valence-corrected chi connectivity index (χ1v) is 12.8. The van der Waals surface area contributed by atoms with Gasteiger partial charge in [-0.05, 0) is 64.5 Å². The van der Waals surface area contributed by atoms with E-state index in [0.717, 1.165) is 32.2 Å². The summed E-state index contributed by atoms with van der Waals surface area (Å²) in [6.07, 6.45) is 11.5. The van der Waals surface area contributed by atoms with E-state index in [-0.39, 0.29) is 0 Å². The first-order valence-electron chi connectivity index (χ1n) is 12.8. The predicted molar refractivity (Wildman–Crippen MR) is 118 cm³/mol. The van der Waals surface area contributed by atoms with Crippen LogP contribution in [-0.4, -0.2) is 98.3 Å². The van der Waals surface area contributed by atoms with Crippen molar-refractivity contribution in [3.63, 3.8) is 0 Å². The van der Waals surface area contributed by atoms with E-state index in [1.807, 2.05) is 0 Å². The molecular weight excluding hydrogens is 376 g/mol. The van der Waals surface area contributed by atoms with Crippen molar-refractivity contribution >= 4 is 0 Å². The first-order chi connectivity index (χ1) is 14.7. The molecule has 4 bridgehead atoms. The van der Waals surface area contributed by atoms with Crippen LogP contribution in [-0.2, 0) is 4.74 Å². The average molecular weight is 419 g/mol. The van der Waals surface area contributed by atoms with Gasteiger partial charge in [0.1, 0.15) is 0 Å². The van der Waals surface area contributed by atoms with Crippen LogP contribution in [0.4, 0.5) is 0 Å². The van der Waals surface area contributed by atoms with Gasteiger partial charge in [-0.25, -0.2) is 0 Å². The highest BCUT2D eigenvalue weighted by atomic mass is 16.5. The van der Waals surface area contributed by atoms with E-state index in [4.69, 9.17) is 4.74 Å². The lowest BCUT2D eigenvalue weighted by molar-refractivity contribution is -0.0703. The first kappa shape index (κ1) is 20.3. The summed E-state index contributed by atoms with van der Waals surface area (Å²) in [6, 6.07) is 3.78. The van der Waals surface area contributed by atoms with Gasteiger partial charge in [-0.1, -0.05) is 6.42 Å². The lowest BCUT2D eigenvalue weighted by atomic mass is 9.74. The Bertz CT molecular complexity index is 606. The van der Waals surface area contributed by atoms with Crippen LogP contribution in [0.2, 0.25) is 0 Å². The summed E-state index contributed by atoms with van der Waals surface area (Å²) >= 11 is 0. The van der Waals surface area contributed by atoms with Gasteiger partial charge in [0, 0.05) is 49.3 Å². The van der Waals surface area contributed by atoms with Gasteiger partial charge < -0.3 is 15.0 Å². The fraction of sp³-hybridized carbons (Fsp3) is 1.00. The number of hydrogen-bond acceptors (Lipinski definition) is 7. The minimum atomic E-state index is 0.426. The highest BCUT2D eigenvalue weighted by Crippen LogP contribution is 2.40. The van der Waals surface area contributed by atoms with Crippen LogP contribution in [0, 0.1) is 5.92 Å². The van der Waals surface area contributed by atoms with Crippen LogP contribution in [0.15, 0.2) is 0 Å². The van der Waals surface area contributed by atoms with Gasteiger partial charge in [0.05, 0.1) is 25.5 Å². The Labute approximate surface area is 182 Å². The normalized spacial score (nSPS) is 50.5. The van der Waals surface area contributed by atoms with Crippen molar-refractivity contribution in [2.45, 2.75) is 99.9 Å². The highest BCUT2D eigenvalue weighted by Gasteiger charge is 2.52. The summed E-state index contributed by atoms with van der Waals surface area (Å²) in [5.41, 5.74) is 0. The Balaban J connectivity index is 1.29. The number of nitrogens with one attached hydrogen (secondary N) is 4. The van der Waals surface area contributed by atoms with Crippen molar-refractivity contribution in [1.82, 2.24) is 31.1 Å². The molecule has 6 aliphatic rings. The molecule has 6 fully saturated rings. The fourth-order valence-electron chi connectivity index (χ4n) is 7.71. The molecule has 5 heterocycles. The molecule has 7 heteroatoms. The number of piperidine rings is 1. The van der Waals surface area contributed by atoms with Crippen LogP contribution in [0.5, 0.6) is 0 Å². The van der Waals surface area contributed by atoms with Crippen LogP contribution in [0.3, 0.4) is 0 Å². The van der Waals surface area contributed by atoms with E-state index in [2.05, 4.69) is 38.1 Å². The zero-order valence-corrected chi connectivity index (χ0v) is 18.7. The lowest BCUT2D eigenvalue weighted by Gasteiger charge is -2.48. The molecule has 0 radical (unpaired) electrons. The maximum atomic E-state index is 6.11. The molecule has 1 aliphatic carbocycles. The van der Waals surface area contributed by atoms with Gasteiger partial charge in [0.2, 0.25) is 0 Å². The smallest absolute Gasteiger partial charge is 0.0847 e. The molecule has 6 rings (SSSR count). The molecule has 9 atom stereocenters. The molecule has 30 heavy (non-hydrogen) atoms. The largest absolute Gasteiger partial charge is 0.377 e. The van der Waals surface area contributed by atoms with Gasteiger partial charge in [0.15, 0.2) is 0 Å². The Morgan fingerprint density at radius 2 is 1.77 bits per heavy atom. The molecule has 0 aromatic carbocycles. The molecule has 6 unspecified atom stereocenters. The molecule has 170 valence electrons. The molecule has 4 N–H and O–H groups in total. The molecule has 5 aliphatic heterocycles. The van der Waals surface area contributed by atoms with E-state index in [9.17, 15) is 0 Å². The number of morpholine rings is 1. The van der Waals surface area contributed by atoms with E-state index in [1.165, 1.54) is 57.9 Å². The quantitative estimate of drug-likeness (QED) is 0.451. The van der Waals surface area contributed by atoms with Crippen molar-refractivity contribution in [2.24, 2.45) is 5.92 Å². The number of fused-ring (bicyclic) bond motifs is 5. The molecule has 1 saturated carbocycles. The number of ether oxygens (including phenoxy) is 1. The number of nitrogens with zero attached hydrogens (tertiary/aromatic N) is 2. The average Bonchev–Trinajstić information content (AvgIpc) is 3.35. The second-order valence-electron chi connectivity index (χ2n) is 11.0. The van der Waals surface area contributed by atoms with Crippen molar-refractivity contribution in [3.05, 3.63) is 0 Å². The zero-order chi connectivity index (χ0) is 20.1. The number of rotatable bonds is 0. The van der Waals surface area contributed by atoms with Gasteiger partial charge in [-0.15, -0.1) is 0 Å². The van der Waals surface area contributed by atoms with Crippen LogP contribution in [0.1, 0.15) is 51.4 Å². The third kappa shape index (κ3) is 3.85. The van der Waals surface area contributed by atoms with E-state index < -0.39 is 0 Å². The third-order valence-electron chi connectivity index (χ3n) is 9.00. The standard InChI is InChI=1S/C23H42N6O/c1-28-9-8-17-13-30-14-22-27-20-6-2-4-18(23(20)29(17)22)19-5-3-7-21(26-19)25-15-10-16(12-28)24-11-15/h15-27H,2-14H2,1H3/t15-,16-,17+,18?,19?,20?,21?,22?,23?/m0/s1. The summed E-state index contributed by atoms with van der Waals surface area (Å²) in [7, 11) is 2.31. The molecule has 0 aromatic heterocycles. The van der Waals surface area contributed by atoms with Crippen LogP contribution in [0.25, 0.3) is 0 Å². The fourth-order valence-corrected chi connectivity index (χ4v) is 7.71.